The predicted octanol–water partition coefficient (Wildman–Crippen LogP) is 0.302. The Kier molecular flexibility index (Phi) is 6.51. The Balaban J connectivity index is 2.91. The number of nitrogens with two attached hydrogens (primary N) is 1. The molecule has 0 aromatic carbocycles. The summed E-state index contributed by atoms with van der Waals surface area (Å²) in [7, 11) is 4.12. The van der Waals surface area contributed by atoms with Gasteiger partial charge < -0.3 is 15.4 Å². The normalized spacial score (nSPS) is 13.9. The SMILES string of the molecule is CC(N)COCCCN(C)C. The summed E-state index contributed by atoms with van der Waals surface area (Å²) in [4.78, 5) is 2.15. The molecule has 0 bridgehead atoms. The standard InChI is InChI=1S/C8H20N2O/c1-8(9)7-11-6-4-5-10(2)3/h8H,4-7,9H2,1-3H3. The first-order chi connectivity index (χ1) is 5.13. The fraction of sp³-hybridized carbons (Fsp3) is 1.00. The van der Waals surface area contributed by atoms with E-state index in [4.69, 9.17) is 10.5 Å². The third-order valence-electron chi connectivity index (χ3n) is 1.27. The van der Waals surface area contributed by atoms with Crippen molar-refractivity contribution in [1.29, 1.82) is 0 Å². The highest BCUT2D eigenvalue weighted by atomic mass is 16.5. The van der Waals surface area contributed by atoms with Crippen LogP contribution in [0.3, 0.4) is 0 Å². The Morgan fingerprint density at radius 3 is 2.55 bits per heavy atom. The monoisotopic (exact) mass is 160 g/mol. The predicted molar refractivity (Wildman–Crippen MR) is 47.6 cm³/mol. The molecule has 0 aliphatic rings. The summed E-state index contributed by atoms with van der Waals surface area (Å²) in [6, 6.07) is 0.161. The molecule has 0 fully saturated rings. The second kappa shape index (κ2) is 6.58. The average Bonchev–Trinajstić information content (AvgIpc) is 1.85. The fourth-order valence-electron chi connectivity index (χ4n) is 0.752. The van der Waals surface area contributed by atoms with Crippen molar-refractivity contribution in [3.63, 3.8) is 0 Å². The molecule has 0 saturated heterocycles. The van der Waals surface area contributed by atoms with E-state index in [0.29, 0.717) is 6.61 Å². The van der Waals surface area contributed by atoms with Crippen molar-refractivity contribution in [2.75, 3.05) is 33.9 Å². The van der Waals surface area contributed by atoms with Gasteiger partial charge in [-0.2, -0.15) is 0 Å². The van der Waals surface area contributed by atoms with Crippen molar-refractivity contribution in [2.24, 2.45) is 5.73 Å². The molecule has 0 spiro atoms. The number of ether oxygens (including phenoxy) is 1. The molecule has 0 heterocycles. The minimum Gasteiger partial charge on any atom is -0.380 e. The van der Waals surface area contributed by atoms with Crippen LogP contribution in [0.2, 0.25) is 0 Å². The first kappa shape index (κ1) is 10.9. The van der Waals surface area contributed by atoms with E-state index in [9.17, 15) is 0 Å². The molecule has 0 aromatic rings. The van der Waals surface area contributed by atoms with Gasteiger partial charge >= 0.3 is 0 Å². The maximum Gasteiger partial charge on any atom is 0.0614 e. The van der Waals surface area contributed by atoms with Crippen molar-refractivity contribution < 1.29 is 4.74 Å². The highest BCUT2D eigenvalue weighted by Crippen LogP contribution is 1.86. The van der Waals surface area contributed by atoms with Gasteiger partial charge in [-0.3, -0.25) is 0 Å². The van der Waals surface area contributed by atoms with Crippen molar-refractivity contribution in [2.45, 2.75) is 19.4 Å². The van der Waals surface area contributed by atoms with Gasteiger partial charge in [0.2, 0.25) is 0 Å². The molecule has 0 aliphatic heterocycles. The zero-order valence-corrected chi connectivity index (χ0v) is 7.84. The Morgan fingerprint density at radius 2 is 2.09 bits per heavy atom. The van der Waals surface area contributed by atoms with Gasteiger partial charge in [0, 0.05) is 12.6 Å². The lowest BCUT2D eigenvalue weighted by molar-refractivity contribution is 0.117. The van der Waals surface area contributed by atoms with Crippen molar-refractivity contribution >= 4 is 0 Å². The maximum atomic E-state index is 5.50. The van der Waals surface area contributed by atoms with Crippen LogP contribution in [-0.2, 0) is 4.74 Å². The second-order valence-electron chi connectivity index (χ2n) is 3.21. The molecule has 1 unspecified atom stereocenters. The van der Waals surface area contributed by atoms with E-state index in [-0.39, 0.29) is 6.04 Å². The van der Waals surface area contributed by atoms with E-state index in [1.807, 2.05) is 6.92 Å². The Bertz CT molecular complexity index is 74.2. The molecule has 3 heteroatoms. The Morgan fingerprint density at radius 1 is 1.45 bits per heavy atom. The first-order valence-corrected chi connectivity index (χ1v) is 4.11. The third-order valence-corrected chi connectivity index (χ3v) is 1.27. The molecule has 2 N–H and O–H groups in total. The van der Waals surface area contributed by atoms with Crippen LogP contribution < -0.4 is 5.73 Å². The highest BCUT2D eigenvalue weighted by molar-refractivity contribution is 4.49. The zero-order valence-electron chi connectivity index (χ0n) is 7.84. The van der Waals surface area contributed by atoms with Crippen LogP contribution in [0.25, 0.3) is 0 Å². The van der Waals surface area contributed by atoms with Gasteiger partial charge in [-0.05, 0) is 34.0 Å². The molecule has 1 atom stereocenters. The van der Waals surface area contributed by atoms with Gasteiger partial charge in [0.15, 0.2) is 0 Å². The third kappa shape index (κ3) is 9.88. The van der Waals surface area contributed by atoms with Crippen molar-refractivity contribution in [1.82, 2.24) is 4.90 Å². The lowest BCUT2D eigenvalue weighted by Crippen LogP contribution is -2.23. The number of nitrogens with zero attached hydrogens (tertiary/aromatic N) is 1. The molecule has 0 radical (unpaired) electrons. The first-order valence-electron chi connectivity index (χ1n) is 4.11. The smallest absolute Gasteiger partial charge is 0.0614 e. The van der Waals surface area contributed by atoms with Crippen molar-refractivity contribution in [3.05, 3.63) is 0 Å². The van der Waals surface area contributed by atoms with Crippen LogP contribution in [-0.4, -0.2) is 44.8 Å². The van der Waals surface area contributed by atoms with Gasteiger partial charge in [-0.25, -0.2) is 0 Å². The van der Waals surface area contributed by atoms with Crippen LogP contribution in [0.15, 0.2) is 0 Å². The van der Waals surface area contributed by atoms with Gasteiger partial charge in [0.1, 0.15) is 0 Å². The van der Waals surface area contributed by atoms with Crippen molar-refractivity contribution in [3.8, 4) is 0 Å². The van der Waals surface area contributed by atoms with E-state index in [2.05, 4.69) is 19.0 Å². The van der Waals surface area contributed by atoms with Gasteiger partial charge in [-0.15, -0.1) is 0 Å². The summed E-state index contributed by atoms with van der Waals surface area (Å²) in [6.07, 6.45) is 1.08. The van der Waals surface area contributed by atoms with E-state index in [1.165, 1.54) is 0 Å². The van der Waals surface area contributed by atoms with E-state index < -0.39 is 0 Å². The summed E-state index contributed by atoms with van der Waals surface area (Å²) >= 11 is 0. The molecule has 0 saturated carbocycles. The molecule has 68 valence electrons. The van der Waals surface area contributed by atoms with Crippen LogP contribution in [0, 0.1) is 0 Å². The molecular formula is C8H20N2O. The molecule has 0 aromatic heterocycles. The average molecular weight is 160 g/mol. The van der Waals surface area contributed by atoms with Crippen LogP contribution >= 0.6 is 0 Å². The van der Waals surface area contributed by atoms with Gasteiger partial charge in [-0.1, -0.05) is 0 Å². The zero-order chi connectivity index (χ0) is 8.69. The maximum absolute atomic E-state index is 5.50. The van der Waals surface area contributed by atoms with Gasteiger partial charge in [0.25, 0.3) is 0 Å². The topological polar surface area (TPSA) is 38.5 Å². The van der Waals surface area contributed by atoms with Crippen LogP contribution in [0.4, 0.5) is 0 Å². The molecule has 0 rings (SSSR count). The summed E-state index contributed by atoms with van der Waals surface area (Å²) in [5, 5.41) is 0. The Labute approximate surface area is 69.5 Å². The molecule has 3 nitrogen and oxygen atoms in total. The molecular weight excluding hydrogens is 140 g/mol. The summed E-state index contributed by atoms with van der Waals surface area (Å²) < 4.78 is 5.29. The second-order valence-corrected chi connectivity index (χ2v) is 3.21. The summed E-state index contributed by atoms with van der Waals surface area (Å²) in [6.45, 7) is 4.53. The minimum absolute atomic E-state index is 0.161. The van der Waals surface area contributed by atoms with E-state index in [0.717, 1.165) is 19.6 Å². The lowest BCUT2D eigenvalue weighted by Gasteiger charge is -2.10. The highest BCUT2D eigenvalue weighted by Gasteiger charge is 1.94. The summed E-state index contributed by atoms with van der Waals surface area (Å²) in [5.74, 6) is 0. The minimum atomic E-state index is 0.161. The van der Waals surface area contributed by atoms with E-state index >= 15 is 0 Å². The largest absolute Gasteiger partial charge is 0.380 e. The lowest BCUT2D eigenvalue weighted by atomic mass is 10.4. The van der Waals surface area contributed by atoms with Gasteiger partial charge in [0.05, 0.1) is 6.61 Å². The number of hydrogen-bond donors (Lipinski definition) is 1. The summed E-state index contributed by atoms with van der Waals surface area (Å²) in [5.41, 5.74) is 5.50. The molecule has 0 aliphatic carbocycles. The number of hydrogen-bond acceptors (Lipinski definition) is 3. The van der Waals surface area contributed by atoms with Crippen LogP contribution in [0.1, 0.15) is 13.3 Å². The number of rotatable bonds is 6. The quantitative estimate of drug-likeness (QED) is 0.568. The Hall–Kier alpha value is -0.120. The van der Waals surface area contributed by atoms with Crippen LogP contribution in [0.5, 0.6) is 0 Å². The molecule has 0 amide bonds. The molecule has 11 heavy (non-hydrogen) atoms. The van der Waals surface area contributed by atoms with E-state index in [1.54, 1.807) is 0 Å². The fourth-order valence-corrected chi connectivity index (χ4v) is 0.752.